The van der Waals surface area contributed by atoms with Crippen molar-refractivity contribution in [1.82, 2.24) is 6.15 Å². The standard InChI is InChI=1S/C17H36O4S.H3N/c1-3-5-7-9-11-13-15-17(16-21-22(18,19)20)14-12-10-8-6-4-2;/h17H,3-16H2,1-2H3,(H,18,19,20);1H3. The van der Waals surface area contributed by atoms with Gasteiger partial charge >= 0.3 is 10.4 Å². The summed E-state index contributed by atoms with van der Waals surface area (Å²) in [4.78, 5) is 0. The summed E-state index contributed by atoms with van der Waals surface area (Å²) < 4.78 is 34.8. The minimum atomic E-state index is -4.30. The molecule has 0 aromatic heterocycles. The molecular formula is C17H39NO4S. The molecule has 0 saturated carbocycles. The van der Waals surface area contributed by atoms with Crippen LogP contribution in [0, 0.1) is 5.92 Å². The molecule has 0 aromatic carbocycles. The molecule has 5 nitrogen and oxygen atoms in total. The first-order valence-corrected chi connectivity index (χ1v) is 10.5. The summed E-state index contributed by atoms with van der Waals surface area (Å²) in [6.07, 6.45) is 15.5. The fourth-order valence-corrected chi connectivity index (χ4v) is 3.11. The number of rotatable bonds is 16. The van der Waals surface area contributed by atoms with Crippen LogP contribution in [0.15, 0.2) is 0 Å². The minimum Gasteiger partial charge on any atom is -0.344 e. The Morgan fingerprint density at radius 1 is 0.783 bits per heavy atom. The Labute approximate surface area is 144 Å². The van der Waals surface area contributed by atoms with Gasteiger partial charge in [-0.15, -0.1) is 0 Å². The minimum absolute atomic E-state index is 0. The predicted molar refractivity (Wildman–Crippen MR) is 97.4 cm³/mol. The summed E-state index contributed by atoms with van der Waals surface area (Å²) in [7, 11) is -4.30. The monoisotopic (exact) mass is 353 g/mol. The fourth-order valence-electron chi connectivity index (χ4n) is 2.74. The Morgan fingerprint density at radius 3 is 1.57 bits per heavy atom. The van der Waals surface area contributed by atoms with Gasteiger partial charge in [0.2, 0.25) is 0 Å². The molecule has 0 aliphatic heterocycles. The second-order valence-electron chi connectivity index (χ2n) is 6.34. The van der Waals surface area contributed by atoms with E-state index in [1.54, 1.807) is 0 Å². The first-order chi connectivity index (χ1) is 10.5. The van der Waals surface area contributed by atoms with E-state index in [1.165, 1.54) is 57.8 Å². The molecule has 0 spiro atoms. The van der Waals surface area contributed by atoms with Crippen LogP contribution >= 0.6 is 0 Å². The van der Waals surface area contributed by atoms with Gasteiger partial charge in [0.15, 0.2) is 0 Å². The lowest BCUT2D eigenvalue weighted by Gasteiger charge is -2.16. The van der Waals surface area contributed by atoms with Crippen molar-refractivity contribution in [1.29, 1.82) is 0 Å². The molecular weight excluding hydrogens is 314 g/mol. The van der Waals surface area contributed by atoms with E-state index in [1.807, 2.05) is 0 Å². The van der Waals surface area contributed by atoms with Crippen molar-refractivity contribution in [2.45, 2.75) is 97.3 Å². The molecule has 1 unspecified atom stereocenters. The lowest BCUT2D eigenvalue weighted by molar-refractivity contribution is 0.204. The van der Waals surface area contributed by atoms with E-state index in [2.05, 4.69) is 18.0 Å². The van der Waals surface area contributed by atoms with E-state index < -0.39 is 10.4 Å². The average molecular weight is 354 g/mol. The Bertz CT molecular complexity index is 333. The molecule has 4 N–H and O–H groups in total. The van der Waals surface area contributed by atoms with Gasteiger partial charge in [0.25, 0.3) is 0 Å². The van der Waals surface area contributed by atoms with Gasteiger partial charge in [0.1, 0.15) is 0 Å². The first kappa shape index (κ1) is 25.1. The summed E-state index contributed by atoms with van der Waals surface area (Å²) in [5, 5.41) is 0. The van der Waals surface area contributed by atoms with E-state index >= 15 is 0 Å². The molecule has 0 aromatic rings. The van der Waals surface area contributed by atoms with E-state index in [0.29, 0.717) is 0 Å². The second kappa shape index (κ2) is 16.7. The Morgan fingerprint density at radius 2 is 1.17 bits per heavy atom. The van der Waals surface area contributed by atoms with Crippen LogP contribution in [0.25, 0.3) is 0 Å². The normalized spacial score (nSPS) is 12.8. The summed E-state index contributed by atoms with van der Waals surface area (Å²) >= 11 is 0. The van der Waals surface area contributed by atoms with Crippen LogP contribution in [0.1, 0.15) is 97.3 Å². The average Bonchev–Trinajstić information content (AvgIpc) is 2.46. The highest BCUT2D eigenvalue weighted by Gasteiger charge is 2.13. The summed E-state index contributed by atoms with van der Waals surface area (Å²) in [6, 6.07) is 0. The van der Waals surface area contributed by atoms with Crippen molar-refractivity contribution in [2.24, 2.45) is 5.92 Å². The van der Waals surface area contributed by atoms with Crippen LogP contribution in [0.5, 0.6) is 0 Å². The van der Waals surface area contributed by atoms with Crippen LogP contribution in [0.3, 0.4) is 0 Å². The van der Waals surface area contributed by atoms with Crippen molar-refractivity contribution in [3.05, 3.63) is 0 Å². The van der Waals surface area contributed by atoms with E-state index in [4.69, 9.17) is 4.55 Å². The zero-order valence-corrected chi connectivity index (χ0v) is 16.1. The van der Waals surface area contributed by atoms with Gasteiger partial charge in [0.05, 0.1) is 6.61 Å². The molecule has 6 heteroatoms. The van der Waals surface area contributed by atoms with Crippen LogP contribution < -0.4 is 6.15 Å². The summed E-state index contributed by atoms with van der Waals surface area (Å²) in [5.41, 5.74) is 0. The van der Waals surface area contributed by atoms with Crippen LogP contribution in [0.2, 0.25) is 0 Å². The van der Waals surface area contributed by atoms with Crippen molar-refractivity contribution in [3.63, 3.8) is 0 Å². The predicted octanol–water partition coefficient (Wildman–Crippen LogP) is 5.70. The van der Waals surface area contributed by atoms with Gasteiger partial charge in [-0.25, -0.2) is 4.18 Å². The molecule has 0 heterocycles. The first-order valence-electron chi connectivity index (χ1n) is 9.11. The maximum Gasteiger partial charge on any atom is 0.397 e. The molecule has 0 aliphatic rings. The Kier molecular flexibility index (Phi) is 18.2. The summed E-state index contributed by atoms with van der Waals surface area (Å²) in [5.74, 6) is 0.245. The highest BCUT2D eigenvalue weighted by atomic mass is 32.3. The molecule has 0 rings (SSSR count). The van der Waals surface area contributed by atoms with Gasteiger partial charge < -0.3 is 6.15 Å². The van der Waals surface area contributed by atoms with E-state index in [9.17, 15) is 8.42 Å². The Balaban J connectivity index is 0. The molecule has 0 bridgehead atoms. The van der Waals surface area contributed by atoms with Gasteiger partial charge in [0, 0.05) is 0 Å². The van der Waals surface area contributed by atoms with Crippen LogP contribution in [-0.2, 0) is 14.6 Å². The quantitative estimate of drug-likeness (QED) is 0.274. The zero-order valence-electron chi connectivity index (χ0n) is 15.3. The maximum absolute atomic E-state index is 10.7. The van der Waals surface area contributed by atoms with Gasteiger partial charge in [-0.1, -0.05) is 84.5 Å². The topological polar surface area (TPSA) is 98.6 Å². The lowest BCUT2D eigenvalue weighted by atomic mass is 9.95. The molecule has 0 fully saturated rings. The number of unbranched alkanes of at least 4 members (excludes halogenated alkanes) is 9. The Hall–Kier alpha value is -0.170. The van der Waals surface area contributed by atoms with E-state index in [-0.39, 0.29) is 18.7 Å². The molecule has 23 heavy (non-hydrogen) atoms. The molecule has 142 valence electrons. The molecule has 0 amide bonds. The number of hydrogen-bond donors (Lipinski definition) is 2. The van der Waals surface area contributed by atoms with Gasteiger partial charge in [-0.3, -0.25) is 4.55 Å². The number of hydrogen-bond acceptors (Lipinski definition) is 4. The van der Waals surface area contributed by atoms with Crippen molar-refractivity contribution < 1.29 is 17.2 Å². The van der Waals surface area contributed by atoms with Gasteiger partial charge in [-0.2, -0.15) is 8.42 Å². The second-order valence-corrected chi connectivity index (χ2v) is 7.43. The third-order valence-corrected chi connectivity index (χ3v) is 4.57. The fraction of sp³-hybridized carbons (Fsp3) is 1.00. The molecule has 1 atom stereocenters. The largest absolute Gasteiger partial charge is 0.397 e. The smallest absolute Gasteiger partial charge is 0.344 e. The van der Waals surface area contributed by atoms with Crippen LogP contribution in [-0.4, -0.2) is 19.6 Å². The zero-order chi connectivity index (χ0) is 16.7. The highest BCUT2D eigenvalue weighted by Crippen LogP contribution is 2.20. The molecule has 0 aliphatic carbocycles. The highest BCUT2D eigenvalue weighted by molar-refractivity contribution is 7.80. The van der Waals surface area contributed by atoms with Gasteiger partial charge in [-0.05, 0) is 18.8 Å². The maximum atomic E-state index is 10.7. The van der Waals surface area contributed by atoms with Crippen LogP contribution in [0.4, 0.5) is 0 Å². The summed E-state index contributed by atoms with van der Waals surface area (Å²) in [6.45, 7) is 4.53. The van der Waals surface area contributed by atoms with Crippen molar-refractivity contribution >= 4 is 10.4 Å². The van der Waals surface area contributed by atoms with Crippen molar-refractivity contribution in [2.75, 3.05) is 6.61 Å². The lowest BCUT2D eigenvalue weighted by Crippen LogP contribution is -2.14. The SMILES string of the molecule is CCCCCCCCC(CCCCCCC)COS(=O)(=O)O.N. The third kappa shape index (κ3) is 19.8. The molecule has 0 radical (unpaired) electrons. The molecule has 0 saturated heterocycles. The van der Waals surface area contributed by atoms with Crippen molar-refractivity contribution in [3.8, 4) is 0 Å². The van der Waals surface area contributed by atoms with E-state index in [0.717, 1.165) is 25.7 Å². The third-order valence-electron chi connectivity index (χ3n) is 4.13.